The maximum Gasteiger partial charge on any atom is 0.293 e. The summed E-state index contributed by atoms with van der Waals surface area (Å²) in [5.41, 5.74) is 6.07. The molecule has 1 rings (SSSR count). The molecule has 0 saturated heterocycles. The maximum atomic E-state index is 12.1. The Kier molecular flexibility index (Phi) is 6.56. The van der Waals surface area contributed by atoms with Crippen molar-refractivity contribution in [2.45, 2.75) is 52.6 Å². The molecule has 0 aliphatic heterocycles. The largest absolute Gasteiger partial charge is 0.364 e. The van der Waals surface area contributed by atoms with Gasteiger partial charge in [-0.2, -0.15) is 0 Å². The second-order valence-corrected chi connectivity index (χ2v) is 4.90. The Labute approximate surface area is 115 Å². The fourth-order valence-electron chi connectivity index (χ4n) is 2.26. The predicted molar refractivity (Wildman–Crippen MR) is 79.3 cm³/mol. The molecule has 0 amide bonds. The number of nitrogens with zero attached hydrogens (tertiary/aromatic N) is 2. The van der Waals surface area contributed by atoms with Crippen LogP contribution in [0.5, 0.6) is 0 Å². The van der Waals surface area contributed by atoms with Crippen molar-refractivity contribution in [1.82, 2.24) is 9.55 Å². The van der Waals surface area contributed by atoms with E-state index in [0.717, 1.165) is 19.3 Å². The number of anilines is 1. The van der Waals surface area contributed by atoms with E-state index in [0.29, 0.717) is 24.8 Å². The molecule has 0 saturated carbocycles. The number of rotatable bonds is 8. The Hall–Kier alpha value is -1.36. The van der Waals surface area contributed by atoms with Gasteiger partial charge >= 0.3 is 0 Å². The van der Waals surface area contributed by atoms with Gasteiger partial charge in [0.15, 0.2) is 5.82 Å². The number of nitrogens with two attached hydrogens (primary N) is 1. The minimum absolute atomic E-state index is 0.0519. The molecular formula is C14H26N4O. The summed E-state index contributed by atoms with van der Waals surface area (Å²) in [6.45, 7) is 7.63. The van der Waals surface area contributed by atoms with Gasteiger partial charge in [-0.25, -0.2) is 4.98 Å². The topological polar surface area (TPSA) is 72.9 Å². The van der Waals surface area contributed by atoms with Gasteiger partial charge in [0, 0.05) is 31.5 Å². The fourth-order valence-corrected chi connectivity index (χ4v) is 2.26. The third kappa shape index (κ3) is 4.35. The van der Waals surface area contributed by atoms with Crippen LogP contribution in [-0.4, -0.2) is 22.1 Å². The first kappa shape index (κ1) is 15.7. The highest BCUT2D eigenvalue weighted by Crippen LogP contribution is 2.11. The molecule has 5 nitrogen and oxygen atoms in total. The van der Waals surface area contributed by atoms with E-state index in [1.165, 1.54) is 0 Å². The number of nitrogens with one attached hydrogen (secondary N) is 1. The van der Waals surface area contributed by atoms with Crippen molar-refractivity contribution in [1.29, 1.82) is 0 Å². The Bertz CT molecular complexity index is 426. The monoisotopic (exact) mass is 266 g/mol. The van der Waals surface area contributed by atoms with E-state index < -0.39 is 0 Å². The van der Waals surface area contributed by atoms with Gasteiger partial charge < -0.3 is 15.6 Å². The van der Waals surface area contributed by atoms with Crippen LogP contribution in [0.25, 0.3) is 0 Å². The highest BCUT2D eigenvalue weighted by atomic mass is 16.1. The van der Waals surface area contributed by atoms with Crippen molar-refractivity contribution in [3.05, 3.63) is 22.7 Å². The fraction of sp³-hybridized carbons (Fsp3) is 0.714. The maximum absolute atomic E-state index is 12.1. The lowest BCUT2D eigenvalue weighted by atomic mass is 9.95. The van der Waals surface area contributed by atoms with Crippen molar-refractivity contribution < 1.29 is 0 Å². The van der Waals surface area contributed by atoms with Gasteiger partial charge in [0.05, 0.1) is 0 Å². The lowest BCUT2D eigenvalue weighted by Crippen LogP contribution is -2.38. The summed E-state index contributed by atoms with van der Waals surface area (Å²) in [5, 5.41) is 3.09. The SMILES string of the molecule is CCCn1ccnc(NCC(N)C(CC)CC)c1=O. The molecule has 0 fully saturated rings. The molecule has 5 heteroatoms. The lowest BCUT2D eigenvalue weighted by Gasteiger charge is -2.21. The molecule has 108 valence electrons. The van der Waals surface area contributed by atoms with E-state index in [1.54, 1.807) is 17.0 Å². The summed E-state index contributed by atoms with van der Waals surface area (Å²) in [5.74, 6) is 0.881. The van der Waals surface area contributed by atoms with Gasteiger partial charge in [-0.15, -0.1) is 0 Å². The van der Waals surface area contributed by atoms with Gasteiger partial charge in [0.1, 0.15) is 0 Å². The quantitative estimate of drug-likeness (QED) is 0.753. The third-order valence-electron chi connectivity index (χ3n) is 3.54. The van der Waals surface area contributed by atoms with Gasteiger partial charge in [-0.1, -0.05) is 33.6 Å². The summed E-state index contributed by atoms with van der Waals surface area (Å²) < 4.78 is 1.68. The molecule has 0 aliphatic rings. The van der Waals surface area contributed by atoms with Crippen LogP contribution in [0, 0.1) is 5.92 Å². The number of aryl methyl sites for hydroxylation is 1. The van der Waals surface area contributed by atoms with Gasteiger partial charge in [-0.3, -0.25) is 4.79 Å². The third-order valence-corrected chi connectivity index (χ3v) is 3.54. The normalized spacial score (nSPS) is 12.7. The Balaban J connectivity index is 2.68. The first-order valence-corrected chi connectivity index (χ1v) is 7.18. The molecule has 1 heterocycles. The second-order valence-electron chi connectivity index (χ2n) is 4.90. The minimum Gasteiger partial charge on any atom is -0.364 e. The molecule has 3 N–H and O–H groups in total. The summed E-state index contributed by atoms with van der Waals surface area (Å²) in [6.07, 6.45) is 6.42. The average Bonchev–Trinajstić information content (AvgIpc) is 2.41. The van der Waals surface area contributed by atoms with Crippen LogP contribution in [-0.2, 0) is 6.54 Å². The zero-order chi connectivity index (χ0) is 14.3. The number of hydrogen-bond donors (Lipinski definition) is 2. The average molecular weight is 266 g/mol. The van der Waals surface area contributed by atoms with Crippen LogP contribution < -0.4 is 16.6 Å². The first-order valence-electron chi connectivity index (χ1n) is 7.18. The van der Waals surface area contributed by atoms with Crippen LogP contribution >= 0.6 is 0 Å². The molecule has 0 aromatic carbocycles. The Morgan fingerprint density at radius 3 is 2.63 bits per heavy atom. The summed E-state index contributed by atoms with van der Waals surface area (Å²) >= 11 is 0. The smallest absolute Gasteiger partial charge is 0.293 e. The number of aromatic nitrogens is 2. The lowest BCUT2D eigenvalue weighted by molar-refractivity contribution is 0.407. The van der Waals surface area contributed by atoms with E-state index in [2.05, 4.69) is 24.1 Å². The second kappa shape index (κ2) is 7.94. The minimum atomic E-state index is -0.0684. The predicted octanol–water partition coefficient (Wildman–Crippen LogP) is 1.83. The van der Waals surface area contributed by atoms with E-state index in [4.69, 9.17) is 5.73 Å². The molecule has 1 unspecified atom stereocenters. The molecule has 1 atom stereocenters. The Morgan fingerprint density at radius 2 is 2.05 bits per heavy atom. The summed E-state index contributed by atoms with van der Waals surface area (Å²) in [6, 6.07) is 0.0519. The molecule has 1 aromatic heterocycles. The summed E-state index contributed by atoms with van der Waals surface area (Å²) in [7, 11) is 0. The molecule has 1 aromatic rings. The van der Waals surface area contributed by atoms with Crippen molar-refractivity contribution in [3.63, 3.8) is 0 Å². The zero-order valence-electron chi connectivity index (χ0n) is 12.2. The van der Waals surface area contributed by atoms with Crippen LogP contribution in [0.1, 0.15) is 40.0 Å². The van der Waals surface area contributed by atoms with Crippen molar-refractivity contribution in [2.24, 2.45) is 11.7 Å². The van der Waals surface area contributed by atoms with E-state index in [9.17, 15) is 4.79 Å². The molecular weight excluding hydrogens is 240 g/mol. The van der Waals surface area contributed by atoms with E-state index >= 15 is 0 Å². The molecule has 0 bridgehead atoms. The van der Waals surface area contributed by atoms with Crippen molar-refractivity contribution in [2.75, 3.05) is 11.9 Å². The van der Waals surface area contributed by atoms with Crippen LogP contribution in [0.2, 0.25) is 0 Å². The van der Waals surface area contributed by atoms with Gasteiger partial charge in [0.2, 0.25) is 0 Å². The number of hydrogen-bond acceptors (Lipinski definition) is 4. The molecule has 0 spiro atoms. The summed E-state index contributed by atoms with van der Waals surface area (Å²) in [4.78, 5) is 16.2. The highest BCUT2D eigenvalue weighted by Gasteiger charge is 2.14. The van der Waals surface area contributed by atoms with Gasteiger partial charge in [-0.05, 0) is 12.3 Å². The highest BCUT2D eigenvalue weighted by molar-refractivity contribution is 5.31. The van der Waals surface area contributed by atoms with E-state index in [-0.39, 0.29) is 11.6 Å². The zero-order valence-corrected chi connectivity index (χ0v) is 12.2. The molecule has 0 radical (unpaired) electrons. The first-order chi connectivity index (χ1) is 9.13. The van der Waals surface area contributed by atoms with Gasteiger partial charge in [0.25, 0.3) is 5.56 Å². The molecule has 19 heavy (non-hydrogen) atoms. The standard InChI is InChI=1S/C14H26N4O/c1-4-8-18-9-7-16-13(14(18)19)17-10-12(15)11(5-2)6-3/h7,9,11-12H,4-6,8,10,15H2,1-3H3,(H,16,17). The van der Waals surface area contributed by atoms with Crippen molar-refractivity contribution >= 4 is 5.82 Å². The van der Waals surface area contributed by atoms with Crippen molar-refractivity contribution in [3.8, 4) is 0 Å². The Morgan fingerprint density at radius 1 is 1.37 bits per heavy atom. The van der Waals surface area contributed by atoms with Crippen LogP contribution in [0.15, 0.2) is 17.2 Å². The molecule has 0 aliphatic carbocycles. The van der Waals surface area contributed by atoms with Crippen LogP contribution in [0.4, 0.5) is 5.82 Å². The van der Waals surface area contributed by atoms with E-state index in [1.807, 2.05) is 6.92 Å². The van der Waals surface area contributed by atoms with Crippen LogP contribution in [0.3, 0.4) is 0 Å².